The predicted molar refractivity (Wildman–Crippen MR) is 83.3 cm³/mol. The Bertz CT molecular complexity index is 684. The van der Waals surface area contributed by atoms with Crippen LogP contribution in [-0.4, -0.2) is 50.7 Å². The Kier molecular flexibility index (Phi) is 4.65. The summed E-state index contributed by atoms with van der Waals surface area (Å²) in [7, 11) is 0. The van der Waals surface area contributed by atoms with E-state index in [1.807, 2.05) is 12.1 Å². The van der Waals surface area contributed by atoms with Crippen LogP contribution >= 0.6 is 11.8 Å². The van der Waals surface area contributed by atoms with Crippen molar-refractivity contribution in [3.05, 3.63) is 18.3 Å². The molecular weight excluding hydrogens is 318 g/mol. The Balaban J connectivity index is 1.54. The van der Waals surface area contributed by atoms with Crippen molar-refractivity contribution in [2.45, 2.75) is 18.1 Å². The van der Waals surface area contributed by atoms with Gasteiger partial charge in [0.15, 0.2) is 0 Å². The van der Waals surface area contributed by atoms with Crippen molar-refractivity contribution >= 4 is 23.6 Å². The SMILES string of the molecule is NC(=O)C1CCCN(C(=O)CSc2nnc(-c3ccc[nH]3)o2)C1. The predicted octanol–water partition coefficient (Wildman–Crippen LogP) is 0.881. The van der Waals surface area contributed by atoms with Crippen molar-refractivity contribution in [1.29, 1.82) is 0 Å². The number of piperidine rings is 1. The van der Waals surface area contributed by atoms with Crippen LogP contribution < -0.4 is 5.73 Å². The molecule has 23 heavy (non-hydrogen) atoms. The van der Waals surface area contributed by atoms with Crippen LogP contribution in [0.3, 0.4) is 0 Å². The maximum atomic E-state index is 12.2. The minimum atomic E-state index is -0.345. The van der Waals surface area contributed by atoms with Gasteiger partial charge in [0.2, 0.25) is 11.8 Å². The van der Waals surface area contributed by atoms with Crippen LogP contribution in [-0.2, 0) is 9.59 Å². The molecule has 0 saturated carbocycles. The fourth-order valence-corrected chi connectivity index (χ4v) is 3.16. The Morgan fingerprint density at radius 1 is 1.48 bits per heavy atom. The van der Waals surface area contributed by atoms with Crippen molar-refractivity contribution in [3.63, 3.8) is 0 Å². The summed E-state index contributed by atoms with van der Waals surface area (Å²) in [6, 6.07) is 3.66. The Labute approximate surface area is 136 Å². The summed E-state index contributed by atoms with van der Waals surface area (Å²) in [6.07, 6.45) is 3.30. The first-order valence-corrected chi connectivity index (χ1v) is 8.29. The van der Waals surface area contributed by atoms with Gasteiger partial charge in [-0.25, -0.2) is 0 Å². The maximum absolute atomic E-state index is 12.2. The van der Waals surface area contributed by atoms with Gasteiger partial charge in [0.1, 0.15) is 5.69 Å². The second-order valence-corrected chi connectivity index (χ2v) is 6.25. The van der Waals surface area contributed by atoms with Gasteiger partial charge in [0.25, 0.3) is 11.1 Å². The van der Waals surface area contributed by atoms with Crippen molar-refractivity contribution < 1.29 is 14.0 Å². The number of carbonyl (C=O) groups is 2. The summed E-state index contributed by atoms with van der Waals surface area (Å²) >= 11 is 1.19. The lowest BCUT2D eigenvalue weighted by Gasteiger charge is -2.31. The lowest BCUT2D eigenvalue weighted by Crippen LogP contribution is -2.44. The van der Waals surface area contributed by atoms with Crippen LogP contribution in [0.5, 0.6) is 0 Å². The number of carbonyl (C=O) groups excluding carboxylic acids is 2. The fraction of sp³-hybridized carbons (Fsp3) is 0.429. The highest BCUT2D eigenvalue weighted by molar-refractivity contribution is 7.99. The van der Waals surface area contributed by atoms with E-state index >= 15 is 0 Å². The molecule has 8 nitrogen and oxygen atoms in total. The second-order valence-electron chi connectivity index (χ2n) is 5.33. The highest BCUT2D eigenvalue weighted by Gasteiger charge is 2.27. The van der Waals surface area contributed by atoms with Crippen molar-refractivity contribution in [1.82, 2.24) is 20.1 Å². The smallest absolute Gasteiger partial charge is 0.277 e. The van der Waals surface area contributed by atoms with E-state index in [1.165, 1.54) is 11.8 Å². The van der Waals surface area contributed by atoms with Gasteiger partial charge in [-0.2, -0.15) is 0 Å². The molecule has 0 radical (unpaired) electrons. The number of primary amides is 1. The molecule has 0 spiro atoms. The summed E-state index contributed by atoms with van der Waals surface area (Å²) in [5.41, 5.74) is 6.06. The largest absolute Gasteiger partial charge is 0.410 e. The Morgan fingerprint density at radius 2 is 2.35 bits per heavy atom. The number of amides is 2. The first-order chi connectivity index (χ1) is 11.1. The standard InChI is InChI=1S/C14H17N5O3S/c15-12(21)9-3-2-6-19(7-9)11(20)8-23-14-18-17-13(22-14)10-4-1-5-16-10/h1,4-5,9,16H,2-3,6-8H2,(H2,15,21). The van der Waals surface area contributed by atoms with Gasteiger partial charge in [0, 0.05) is 19.3 Å². The zero-order valence-electron chi connectivity index (χ0n) is 12.4. The van der Waals surface area contributed by atoms with Crippen LogP contribution in [0.4, 0.5) is 0 Å². The van der Waals surface area contributed by atoms with E-state index in [0.29, 0.717) is 24.2 Å². The van der Waals surface area contributed by atoms with Gasteiger partial charge < -0.3 is 20.0 Å². The van der Waals surface area contributed by atoms with Crippen LogP contribution in [0.15, 0.2) is 28.0 Å². The van der Waals surface area contributed by atoms with Crippen LogP contribution in [0.2, 0.25) is 0 Å². The second kappa shape index (κ2) is 6.86. The minimum Gasteiger partial charge on any atom is -0.410 e. The Morgan fingerprint density at radius 3 is 3.09 bits per heavy atom. The average Bonchev–Trinajstić information content (AvgIpc) is 3.23. The van der Waals surface area contributed by atoms with E-state index in [9.17, 15) is 9.59 Å². The van der Waals surface area contributed by atoms with Crippen molar-refractivity contribution in [2.75, 3.05) is 18.8 Å². The molecule has 122 valence electrons. The molecule has 3 heterocycles. The number of hydrogen-bond acceptors (Lipinski definition) is 6. The molecule has 0 aliphatic carbocycles. The molecule has 2 amide bonds. The van der Waals surface area contributed by atoms with E-state index in [-0.39, 0.29) is 23.5 Å². The monoisotopic (exact) mass is 335 g/mol. The molecule has 1 fully saturated rings. The molecule has 0 aromatic carbocycles. The molecule has 1 saturated heterocycles. The van der Waals surface area contributed by atoms with Gasteiger partial charge in [-0.3, -0.25) is 9.59 Å². The summed E-state index contributed by atoms with van der Waals surface area (Å²) in [5, 5.41) is 8.18. The van der Waals surface area contributed by atoms with E-state index in [0.717, 1.165) is 18.5 Å². The molecule has 3 N–H and O–H groups in total. The highest BCUT2D eigenvalue weighted by Crippen LogP contribution is 2.23. The van der Waals surface area contributed by atoms with Crippen LogP contribution in [0.25, 0.3) is 11.6 Å². The fourth-order valence-electron chi connectivity index (χ4n) is 2.49. The molecule has 2 aromatic rings. The van der Waals surface area contributed by atoms with Gasteiger partial charge in [-0.15, -0.1) is 10.2 Å². The third-order valence-corrected chi connectivity index (χ3v) is 4.53. The number of likely N-dealkylation sites (tertiary alicyclic amines) is 1. The number of nitrogens with two attached hydrogens (primary N) is 1. The number of nitrogens with zero attached hydrogens (tertiary/aromatic N) is 3. The lowest BCUT2D eigenvalue weighted by molar-refractivity contribution is -0.132. The quantitative estimate of drug-likeness (QED) is 0.783. The van der Waals surface area contributed by atoms with Crippen LogP contribution in [0, 0.1) is 5.92 Å². The molecule has 1 atom stereocenters. The van der Waals surface area contributed by atoms with E-state index in [1.54, 1.807) is 11.1 Å². The number of hydrogen-bond donors (Lipinski definition) is 2. The summed E-state index contributed by atoms with van der Waals surface area (Å²) in [5.74, 6) is -0.0711. The molecule has 3 rings (SSSR count). The van der Waals surface area contributed by atoms with E-state index in [4.69, 9.17) is 10.2 Å². The minimum absolute atomic E-state index is 0.0550. The zero-order valence-corrected chi connectivity index (χ0v) is 13.2. The molecule has 1 aliphatic heterocycles. The number of nitrogens with one attached hydrogen (secondary N) is 1. The number of aromatic amines is 1. The molecule has 2 aromatic heterocycles. The first kappa shape index (κ1) is 15.6. The molecule has 1 aliphatic rings. The van der Waals surface area contributed by atoms with Gasteiger partial charge in [-0.1, -0.05) is 11.8 Å². The summed E-state index contributed by atoms with van der Waals surface area (Å²) in [4.78, 5) is 28.1. The Hall–Kier alpha value is -2.29. The van der Waals surface area contributed by atoms with Crippen molar-refractivity contribution in [2.24, 2.45) is 11.7 Å². The third-order valence-electron chi connectivity index (χ3n) is 3.73. The van der Waals surface area contributed by atoms with Gasteiger partial charge >= 0.3 is 0 Å². The van der Waals surface area contributed by atoms with E-state index < -0.39 is 0 Å². The summed E-state index contributed by atoms with van der Waals surface area (Å²) in [6.45, 7) is 1.05. The number of thioether (sulfide) groups is 1. The summed E-state index contributed by atoms with van der Waals surface area (Å²) < 4.78 is 5.49. The molecule has 9 heteroatoms. The first-order valence-electron chi connectivity index (χ1n) is 7.30. The number of aromatic nitrogens is 3. The normalized spacial score (nSPS) is 18.1. The van der Waals surface area contributed by atoms with Crippen molar-refractivity contribution in [3.8, 4) is 11.6 Å². The topological polar surface area (TPSA) is 118 Å². The number of H-pyrrole nitrogens is 1. The van der Waals surface area contributed by atoms with Gasteiger partial charge in [-0.05, 0) is 25.0 Å². The molecule has 1 unspecified atom stereocenters. The average molecular weight is 335 g/mol. The zero-order chi connectivity index (χ0) is 16.2. The lowest BCUT2D eigenvalue weighted by atomic mass is 9.97. The maximum Gasteiger partial charge on any atom is 0.277 e. The van der Waals surface area contributed by atoms with E-state index in [2.05, 4.69) is 15.2 Å². The van der Waals surface area contributed by atoms with Gasteiger partial charge in [0.05, 0.1) is 11.7 Å². The molecule has 0 bridgehead atoms. The highest BCUT2D eigenvalue weighted by atomic mass is 32.2. The number of rotatable bonds is 5. The van der Waals surface area contributed by atoms with Crippen LogP contribution in [0.1, 0.15) is 12.8 Å². The third kappa shape index (κ3) is 3.73. The molecular formula is C14H17N5O3S.